The van der Waals surface area contributed by atoms with E-state index in [0.29, 0.717) is 23.1 Å². The summed E-state index contributed by atoms with van der Waals surface area (Å²) in [6, 6.07) is 11.9. The van der Waals surface area contributed by atoms with Crippen LogP contribution in [0.4, 0.5) is 4.39 Å². The zero-order valence-electron chi connectivity index (χ0n) is 11.5. The van der Waals surface area contributed by atoms with E-state index < -0.39 is 0 Å². The number of benzene rings is 1. The number of rotatable bonds is 3. The van der Waals surface area contributed by atoms with Gasteiger partial charge in [0, 0.05) is 18.6 Å². The second-order valence-electron chi connectivity index (χ2n) is 4.76. The van der Waals surface area contributed by atoms with Crippen molar-refractivity contribution >= 4 is 16.8 Å². The molecule has 0 aliphatic carbocycles. The van der Waals surface area contributed by atoms with Gasteiger partial charge in [-0.3, -0.25) is 9.78 Å². The van der Waals surface area contributed by atoms with Gasteiger partial charge in [0.15, 0.2) is 0 Å². The third kappa shape index (κ3) is 2.50. The Labute approximate surface area is 121 Å². The molecular weight excluding hydrogens is 269 g/mol. The van der Waals surface area contributed by atoms with Gasteiger partial charge in [-0.1, -0.05) is 12.1 Å². The van der Waals surface area contributed by atoms with Crippen LogP contribution >= 0.6 is 0 Å². The second-order valence-corrected chi connectivity index (χ2v) is 4.76. The number of amides is 1. The first-order valence-electron chi connectivity index (χ1n) is 6.59. The molecule has 1 amide bonds. The Morgan fingerprint density at radius 1 is 1.29 bits per heavy atom. The summed E-state index contributed by atoms with van der Waals surface area (Å²) in [6.45, 7) is 0.337. The predicted octanol–water partition coefficient (Wildman–Crippen LogP) is 2.64. The van der Waals surface area contributed by atoms with Crippen molar-refractivity contribution < 1.29 is 9.18 Å². The third-order valence-corrected chi connectivity index (χ3v) is 3.42. The summed E-state index contributed by atoms with van der Waals surface area (Å²) in [5.74, 6) is -0.578. The van der Waals surface area contributed by atoms with Crippen LogP contribution in [0.2, 0.25) is 0 Å². The minimum Gasteiger partial charge on any atom is -0.345 e. The van der Waals surface area contributed by atoms with E-state index in [1.807, 2.05) is 18.2 Å². The Balaban J connectivity index is 1.85. The quantitative estimate of drug-likeness (QED) is 0.803. The molecule has 1 aromatic carbocycles. The molecule has 0 radical (unpaired) electrons. The lowest BCUT2D eigenvalue weighted by Crippen LogP contribution is -2.25. The first-order valence-corrected chi connectivity index (χ1v) is 6.59. The molecule has 3 rings (SSSR count). The summed E-state index contributed by atoms with van der Waals surface area (Å²) in [5, 5.41) is 3.24. The SMILES string of the molecule is Cn1c(C(=O)NCc2ccccn2)cc2c(F)cccc21. The van der Waals surface area contributed by atoms with Gasteiger partial charge < -0.3 is 9.88 Å². The lowest BCUT2D eigenvalue weighted by molar-refractivity contribution is 0.0942. The molecule has 1 N–H and O–H groups in total. The molecule has 0 aliphatic heterocycles. The lowest BCUT2D eigenvalue weighted by Gasteiger charge is -2.06. The highest BCUT2D eigenvalue weighted by atomic mass is 19.1. The molecule has 5 heteroatoms. The molecule has 106 valence electrons. The van der Waals surface area contributed by atoms with E-state index in [1.165, 1.54) is 6.07 Å². The Kier molecular flexibility index (Phi) is 3.39. The van der Waals surface area contributed by atoms with Crippen LogP contribution in [0.3, 0.4) is 0 Å². The normalized spacial score (nSPS) is 10.8. The Morgan fingerprint density at radius 3 is 2.86 bits per heavy atom. The van der Waals surface area contributed by atoms with Crippen LogP contribution in [0.15, 0.2) is 48.7 Å². The zero-order chi connectivity index (χ0) is 14.8. The Hall–Kier alpha value is -2.69. The molecule has 0 unspecified atom stereocenters. The van der Waals surface area contributed by atoms with Crippen LogP contribution in [0.1, 0.15) is 16.2 Å². The number of nitrogens with one attached hydrogen (secondary N) is 1. The number of pyridine rings is 1. The molecule has 0 atom stereocenters. The van der Waals surface area contributed by atoms with E-state index in [4.69, 9.17) is 0 Å². The van der Waals surface area contributed by atoms with Crippen LogP contribution in [-0.4, -0.2) is 15.5 Å². The van der Waals surface area contributed by atoms with Gasteiger partial charge in [0.25, 0.3) is 5.91 Å². The number of aryl methyl sites for hydroxylation is 1. The summed E-state index contributed by atoms with van der Waals surface area (Å²) in [5.41, 5.74) is 1.89. The van der Waals surface area contributed by atoms with Gasteiger partial charge in [-0.25, -0.2) is 4.39 Å². The Morgan fingerprint density at radius 2 is 2.14 bits per heavy atom. The molecule has 0 spiro atoms. The van der Waals surface area contributed by atoms with Crippen LogP contribution in [0.5, 0.6) is 0 Å². The van der Waals surface area contributed by atoms with E-state index in [1.54, 1.807) is 36.0 Å². The minimum absolute atomic E-state index is 0.251. The van der Waals surface area contributed by atoms with Crippen LogP contribution in [-0.2, 0) is 13.6 Å². The highest BCUT2D eigenvalue weighted by molar-refractivity contribution is 5.98. The van der Waals surface area contributed by atoms with Crippen molar-refractivity contribution in [2.45, 2.75) is 6.54 Å². The molecule has 2 heterocycles. The van der Waals surface area contributed by atoms with Gasteiger partial charge in [-0.15, -0.1) is 0 Å². The summed E-state index contributed by atoms with van der Waals surface area (Å²) < 4.78 is 15.4. The van der Waals surface area contributed by atoms with E-state index >= 15 is 0 Å². The fraction of sp³-hybridized carbons (Fsp3) is 0.125. The summed E-state index contributed by atoms with van der Waals surface area (Å²) in [6.07, 6.45) is 1.67. The first kappa shape index (κ1) is 13.3. The van der Waals surface area contributed by atoms with Crippen LogP contribution in [0, 0.1) is 5.82 Å². The molecule has 0 bridgehead atoms. The smallest absolute Gasteiger partial charge is 0.268 e. The number of aromatic nitrogens is 2. The maximum atomic E-state index is 13.7. The molecular formula is C16H14FN3O. The van der Waals surface area contributed by atoms with Crippen molar-refractivity contribution in [1.29, 1.82) is 0 Å². The molecule has 0 aliphatic rings. The van der Waals surface area contributed by atoms with Gasteiger partial charge in [0.1, 0.15) is 11.5 Å². The second kappa shape index (κ2) is 5.36. The standard InChI is InChI=1S/C16H14FN3O/c1-20-14-7-4-6-13(17)12(14)9-15(20)16(21)19-10-11-5-2-3-8-18-11/h2-9H,10H2,1H3,(H,19,21). The van der Waals surface area contributed by atoms with Crippen LogP contribution < -0.4 is 5.32 Å². The monoisotopic (exact) mass is 283 g/mol. The number of hydrogen-bond acceptors (Lipinski definition) is 2. The molecule has 0 saturated heterocycles. The van der Waals surface area contributed by atoms with E-state index in [-0.39, 0.29) is 11.7 Å². The maximum Gasteiger partial charge on any atom is 0.268 e. The van der Waals surface area contributed by atoms with Crippen molar-refractivity contribution in [3.63, 3.8) is 0 Å². The topological polar surface area (TPSA) is 46.9 Å². The molecule has 3 aromatic rings. The van der Waals surface area contributed by atoms with Crippen molar-refractivity contribution in [3.05, 3.63) is 65.9 Å². The van der Waals surface area contributed by atoms with Crippen molar-refractivity contribution in [3.8, 4) is 0 Å². The fourth-order valence-electron chi connectivity index (χ4n) is 2.31. The van der Waals surface area contributed by atoms with Gasteiger partial charge in [-0.05, 0) is 30.3 Å². The fourth-order valence-corrected chi connectivity index (χ4v) is 2.31. The van der Waals surface area contributed by atoms with Crippen molar-refractivity contribution in [1.82, 2.24) is 14.9 Å². The summed E-state index contributed by atoms with van der Waals surface area (Å²) in [4.78, 5) is 16.4. The number of hydrogen-bond donors (Lipinski definition) is 1. The number of halogens is 1. The average molecular weight is 283 g/mol. The maximum absolute atomic E-state index is 13.7. The summed E-state index contributed by atoms with van der Waals surface area (Å²) in [7, 11) is 1.75. The lowest BCUT2D eigenvalue weighted by atomic mass is 10.2. The third-order valence-electron chi connectivity index (χ3n) is 3.42. The molecule has 0 fully saturated rings. The first-order chi connectivity index (χ1) is 10.2. The average Bonchev–Trinajstić information content (AvgIpc) is 2.85. The number of nitrogens with zero attached hydrogens (tertiary/aromatic N) is 2. The highest BCUT2D eigenvalue weighted by Gasteiger charge is 2.15. The summed E-state index contributed by atoms with van der Waals surface area (Å²) >= 11 is 0. The van der Waals surface area contributed by atoms with Gasteiger partial charge in [0.2, 0.25) is 0 Å². The largest absolute Gasteiger partial charge is 0.345 e. The molecule has 0 saturated carbocycles. The minimum atomic E-state index is -0.327. The van der Waals surface area contributed by atoms with E-state index in [0.717, 1.165) is 5.69 Å². The van der Waals surface area contributed by atoms with Crippen LogP contribution in [0.25, 0.3) is 10.9 Å². The van der Waals surface area contributed by atoms with E-state index in [2.05, 4.69) is 10.3 Å². The molecule has 4 nitrogen and oxygen atoms in total. The predicted molar refractivity (Wildman–Crippen MR) is 78.3 cm³/mol. The van der Waals surface area contributed by atoms with Gasteiger partial charge in [0.05, 0.1) is 17.8 Å². The number of carbonyl (C=O) groups is 1. The highest BCUT2D eigenvalue weighted by Crippen LogP contribution is 2.21. The number of fused-ring (bicyclic) bond motifs is 1. The van der Waals surface area contributed by atoms with Gasteiger partial charge in [-0.2, -0.15) is 0 Å². The van der Waals surface area contributed by atoms with Crippen molar-refractivity contribution in [2.75, 3.05) is 0 Å². The molecule has 21 heavy (non-hydrogen) atoms. The van der Waals surface area contributed by atoms with Gasteiger partial charge >= 0.3 is 0 Å². The molecule has 2 aromatic heterocycles. The zero-order valence-corrected chi connectivity index (χ0v) is 11.5. The van der Waals surface area contributed by atoms with Crippen molar-refractivity contribution in [2.24, 2.45) is 7.05 Å². The number of carbonyl (C=O) groups excluding carboxylic acids is 1. The van der Waals surface area contributed by atoms with E-state index in [9.17, 15) is 9.18 Å². The Bertz CT molecular complexity index is 796.